The summed E-state index contributed by atoms with van der Waals surface area (Å²) in [7, 11) is 0. The molecule has 2 aromatic rings. The second kappa shape index (κ2) is 6.66. The number of halogens is 4. The lowest BCUT2D eigenvalue weighted by molar-refractivity contribution is 0.627. The minimum Gasteiger partial charge on any atom is -0.378 e. The van der Waals surface area contributed by atoms with E-state index in [1.807, 2.05) is 13.0 Å². The largest absolute Gasteiger partial charge is 0.378 e. The second-order valence-corrected chi connectivity index (χ2v) is 5.71. The Morgan fingerprint density at radius 3 is 2.40 bits per heavy atom. The van der Waals surface area contributed by atoms with Crippen LogP contribution >= 0.6 is 34.8 Å². The maximum Gasteiger partial charge on any atom is 0.126 e. The highest BCUT2D eigenvalue weighted by atomic mass is 35.5. The van der Waals surface area contributed by atoms with Crippen molar-refractivity contribution in [3.8, 4) is 0 Å². The van der Waals surface area contributed by atoms with Gasteiger partial charge in [-0.25, -0.2) is 4.39 Å². The van der Waals surface area contributed by atoms with Gasteiger partial charge in [0.25, 0.3) is 0 Å². The van der Waals surface area contributed by atoms with Crippen molar-refractivity contribution in [2.45, 2.75) is 19.4 Å². The van der Waals surface area contributed by atoms with Crippen LogP contribution in [0.4, 0.5) is 10.1 Å². The number of nitrogens with one attached hydrogen (secondary N) is 1. The molecule has 20 heavy (non-hydrogen) atoms. The van der Waals surface area contributed by atoms with Crippen LogP contribution < -0.4 is 5.32 Å². The highest BCUT2D eigenvalue weighted by Gasteiger charge is 2.14. The summed E-state index contributed by atoms with van der Waals surface area (Å²) in [5, 5.41) is 4.75. The van der Waals surface area contributed by atoms with Gasteiger partial charge in [-0.05, 0) is 42.3 Å². The molecule has 2 aromatic carbocycles. The normalized spacial score (nSPS) is 12.2. The highest BCUT2D eigenvalue weighted by Crippen LogP contribution is 2.31. The Kier molecular flexibility index (Phi) is 5.14. The van der Waals surface area contributed by atoms with E-state index in [0.717, 1.165) is 12.0 Å². The molecule has 0 fully saturated rings. The minimum absolute atomic E-state index is 0.0439. The van der Waals surface area contributed by atoms with Gasteiger partial charge in [0.1, 0.15) is 5.82 Å². The first kappa shape index (κ1) is 15.4. The Morgan fingerprint density at radius 1 is 1.05 bits per heavy atom. The average molecular weight is 333 g/mol. The van der Waals surface area contributed by atoms with Gasteiger partial charge in [0.05, 0.1) is 6.04 Å². The van der Waals surface area contributed by atoms with Crippen LogP contribution in [-0.4, -0.2) is 0 Å². The van der Waals surface area contributed by atoms with Crippen LogP contribution in [0.5, 0.6) is 0 Å². The smallest absolute Gasteiger partial charge is 0.126 e. The molecule has 0 aliphatic rings. The molecule has 0 saturated heterocycles. The first-order chi connectivity index (χ1) is 9.49. The molecule has 0 amide bonds. The summed E-state index contributed by atoms with van der Waals surface area (Å²) in [6, 6.07) is 9.65. The van der Waals surface area contributed by atoms with Crippen molar-refractivity contribution in [3.63, 3.8) is 0 Å². The van der Waals surface area contributed by atoms with E-state index in [0.29, 0.717) is 20.8 Å². The molecule has 0 aromatic heterocycles. The summed E-state index contributed by atoms with van der Waals surface area (Å²) in [5.74, 6) is -0.378. The van der Waals surface area contributed by atoms with Crippen LogP contribution in [-0.2, 0) is 0 Å². The van der Waals surface area contributed by atoms with E-state index in [9.17, 15) is 4.39 Å². The molecule has 106 valence electrons. The third kappa shape index (κ3) is 3.78. The van der Waals surface area contributed by atoms with Crippen LogP contribution in [0, 0.1) is 5.82 Å². The topological polar surface area (TPSA) is 12.0 Å². The molecule has 5 heteroatoms. The first-order valence-corrected chi connectivity index (χ1v) is 7.30. The van der Waals surface area contributed by atoms with E-state index in [1.165, 1.54) is 12.1 Å². The number of rotatable bonds is 4. The van der Waals surface area contributed by atoms with Crippen molar-refractivity contribution in [2.75, 3.05) is 5.32 Å². The summed E-state index contributed by atoms with van der Waals surface area (Å²) in [6.45, 7) is 2.02. The fourth-order valence-corrected chi connectivity index (χ4v) is 2.78. The van der Waals surface area contributed by atoms with Crippen molar-refractivity contribution in [3.05, 3.63) is 62.8 Å². The summed E-state index contributed by atoms with van der Waals surface area (Å²) in [4.78, 5) is 0. The molecule has 0 aliphatic carbocycles. The lowest BCUT2D eigenvalue weighted by atomic mass is 10.0. The van der Waals surface area contributed by atoms with Crippen LogP contribution in [0.25, 0.3) is 0 Å². The number of benzene rings is 2. The maximum atomic E-state index is 13.3. The molecule has 1 atom stereocenters. The first-order valence-electron chi connectivity index (χ1n) is 6.17. The molecule has 0 radical (unpaired) electrons. The van der Waals surface area contributed by atoms with Crippen molar-refractivity contribution in [1.82, 2.24) is 0 Å². The fourth-order valence-electron chi connectivity index (χ4n) is 2.02. The van der Waals surface area contributed by atoms with E-state index < -0.39 is 0 Å². The zero-order valence-electron chi connectivity index (χ0n) is 10.8. The lowest BCUT2D eigenvalue weighted by Crippen LogP contribution is -2.10. The van der Waals surface area contributed by atoms with Crippen LogP contribution in [0.2, 0.25) is 15.1 Å². The third-order valence-corrected chi connectivity index (χ3v) is 3.73. The van der Waals surface area contributed by atoms with Gasteiger partial charge in [-0.15, -0.1) is 0 Å². The molecule has 2 rings (SSSR count). The molecule has 1 unspecified atom stereocenters. The van der Waals surface area contributed by atoms with Gasteiger partial charge in [-0.3, -0.25) is 0 Å². The second-order valence-electron chi connectivity index (χ2n) is 4.43. The SMILES string of the molecule is CCC(Nc1cc(F)cc(Cl)c1)c1ccc(Cl)cc1Cl. The third-order valence-electron chi connectivity index (χ3n) is 2.95. The summed E-state index contributed by atoms with van der Waals surface area (Å²) in [6.07, 6.45) is 0.787. The standard InChI is InChI=1S/C15H13Cl3FN/c1-2-15(13-4-3-9(16)7-14(13)18)20-12-6-10(17)5-11(19)8-12/h3-8,15,20H,2H2,1H3. The van der Waals surface area contributed by atoms with Gasteiger partial charge in [-0.1, -0.05) is 47.8 Å². The van der Waals surface area contributed by atoms with Gasteiger partial charge in [-0.2, -0.15) is 0 Å². The Hall–Kier alpha value is -0.960. The van der Waals surface area contributed by atoms with Gasteiger partial charge in [0.2, 0.25) is 0 Å². The van der Waals surface area contributed by atoms with Crippen LogP contribution in [0.3, 0.4) is 0 Å². The van der Waals surface area contributed by atoms with Gasteiger partial charge >= 0.3 is 0 Å². The fraction of sp³-hybridized carbons (Fsp3) is 0.200. The molecular weight excluding hydrogens is 320 g/mol. The Labute approximate surface area is 132 Å². The van der Waals surface area contributed by atoms with Gasteiger partial charge < -0.3 is 5.32 Å². The van der Waals surface area contributed by atoms with Crippen molar-refractivity contribution < 1.29 is 4.39 Å². The van der Waals surface area contributed by atoms with Crippen LogP contribution in [0.15, 0.2) is 36.4 Å². The number of hydrogen-bond donors (Lipinski definition) is 1. The molecular formula is C15H13Cl3FN. The molecule has 1 N–H and O–H groups in total. The van der Waals surface area contributed by atoms with E-state index in [-0.39, 0.29) is 11.9 Å². The van der Waals surface area contributed by atoms with Crippen molar-refractivity contribution in [1.29, 1.82) is 0 Å². The zero-order valence-corrected chi connectivity index (χ0v) is 13.0. The van der Waals surface area contributed by atoms with Gasteiger partial charge in [0, 0.05) is 20.8 Å². The zero-order chi connectivity index (χ0) is 14.7. The Balaban J connectivity index is 2.28. The highest BCUT2D eigenvalue weighted by molar-refractivity contribution is 6.35. The Bertz CT molecular complexity index is 596. The molecule has 1 nitrogen and oxygen atoms in total. The van der Waals surface area contributed by atoms with E-state index in [2.05, 4.69) is 5.32 Å². The number of anilines is 1. The number of hydrogen-bond acceptors (Lipinski definition) is 1. The average Bonchev–Trinajstić information content (AvgIpc) is 2.35. The predicted octanol–water partition coefficient (Wildman–Crippen LogP) is 6.35. The lowest BCUT2D eigenvalue weighted by Gasteiger charge is -2.20. The summed E-state index contributed by atoms with van der Waals surface area (Å²) in [5.41, 5.74) is 1.53. The van der Waals surface area contributed by atoms with Gasteiger partial charge in [0.15, 0.2) is 0 Å². The van der Waals surface area contributed by atoms with E-state index >= 15 is 0 Å². The van der Waals surface area contributed by atoms with E-state index in [1.54, 1.807) is 18.2 Å². The molecule has 0 spiro atoms. The molecule has 0 aliphatic heterocycles. The van der Waals surface area contributed by atoms with Crippen molar-refractivity contribution >= 4 is 40.5 Å². The monoisotopic (exact) mass is 331 g/mol. The summed E-state index contributed by atoms with van der Waals surface area (Å²) >= 11 is 18.0. The molecule has 0 bridgehead atoms. The molecule has 0 saturated carbocycles. The maximum absolute atomic E-state index is 13.3. The predicted molar refractivity (Wildman–Crippen MR) is 84.5 cm³/mol. The van der Waals surface area contributed by atoms with E-state index in [4.69, 9.17) is 34.8 Å². The summed E-state index contributed by atoms with van der Waals surface area (Å²) < 4.78 is 13.3. The minimum atomic E-state index is -0.378. The van der Waals surface area contributed by atoms with Crippen molar-refractivity contribution in [2.24, 2.45) is 0 Å². The molecule has 0 heterocycles. The Morgan fingerprint density at radius 2 is 1.80 bits per heavy atom. The van der Waals surface area contributed by atoms with Crippen LogP contribution in [0.1, 0.15) is 24.9 Å². The quantitative estimate of drug-likeness (QED) is 0.688.